The van der Waals surface area contributed by atoms with Gasteiger partial charge < -0.3 is 25.6 Å². The Kier molecular flexibility index (Phi) is 7.71. The quantitative estimate of drug-likeness (QED) is 0.437. The zero-order valence-corrected chi connectivity index (χ0v) is 18.8. The molecule has 8 heteroatoms. The Balaban J connectivity index is 1.61. The van der Waals surface area contributed by atoms with Crippen LogP contribution in [0.3, 0.4) is 0 Å². The number of carbonyl (C=O) groups is 3. The smallest absolute Gasteiger partial charge is 0.407 e. The van der Waals surface area contributed by atoms with E-state index in [1.54, 1.807) is 0 Å². The first-order valence-corrected chi connectivity index (χ1v) is 11.1. The normalized spacial score (nSPS) is 15.0. The predicted octanol–water partition coefficient (Wildman–Crippen LogP) is 3.04. The molecule has 2 atom stereocenters. The third-order valence-electron chi connectivity index (χ3n) is 5.94. The molecule has 1 unspecified atom stereocenters. The molecule has 0 spiro atoms. The van der Waals surface area contributed by atoms with Crippen LogP contribution in [0.2, 0.25) is 0 Å². The molecule has 0 bridgehead atoms. The molecule has 0 saturated heterocycles. The lowest BCUT2D eigenvalue weighted by Crippen LogP contribution is -2.56. The summed E-state index contributed by atoms with van der Waals surface area (Å²) in [4.78, 5) is 36.2. The number of ether oxygens (including phenoxy) is 1. The number of aliphatic hydroxyl groups is 1. The highest BCUT2D eigenvalue weighted by atomic mass is 16.5. The van der Waals surface area contributed by atoms with Gasteiger partial charge >= 0.3 is 12.1 Å². The Morgan fingerprint density at radius 3 is 2.15 bits per heavy atom. The van der Waals surface area contributed by atoms with Crippen LogP contribution in [0, 0.1) is 0 Å². The van der Waals surface area contributed by atoms with Gasteiger partial charge in [0.1, 0.15) is 6.61 Å². The minimum atomic E-state index is -1.78. The van der Waals surface area contributed by atoms with Gasteiger partial charge in [-0.2, -0.15) is 0 Å². The van der Waals surface area contributed by atoms with E-state index in [2.05, 4.69) is 22.8 Å². The molecule has 176 valence electrons. The van der Waals surface area contributed by atoms with Crippen LogP contribution in [0.15, 0.2) is 48.5 Å². The molecule has 1 aliphatic rings. The summed E-state index contributed by atoms with van der Waals surface area (Å²) in [7, 11) is 0. The lowest BCUT2D eigenvalue weighted by molar-refractivity contribution is -0.148. The van der Waals surface area contributed by atoms with Gasteiger partial charge in [-0.1, -0.05) is 61.9 Å². The summed E-state index contributed by atoms with van der Waals surface area (Å²) >= 11 is 0. The predicted molar refractivity (Wildman–Crippen MR) is 123 cm³/mol. The number of hydrogen-bond donors (Lipinski definition) is 4. The molecule has 0 radical (unpaired) electrons. The molecule has 0 fully saturated rings. The summed E-state index contributed by atoms with van der Waals surface area (Å²) in [6.45, 7) is 2.55. The fraction of sp³-hybridized carbons (Fsp3) is 0.400. The first kappa shape index (κ1) is 24.3. The number of hydrogen-bond acceptors (Lipinski definition) is 5. The largest absolute Gasteiger partial charge is 0.479 e. The van der Waals surface area contributed by atoms with E-state index in [-0.39, 0.29) is 18.9 Å². The third kappa shape index (κ3) is 5.51. The molecule has 2 aromatic rings. The number of rotatable bonds is 10. The van der Waals surface area contributed by atoms with Crippen LogP contribution in [0.4, 0.5) is 4.79 Å². The molecule has 2 amide bonds. The van der Waals surface area contributed by atoms with Crippen molar-refractivity contribution >= 4 is 18.0 Å². The Morgan fingerprint density at radius 2 is 1.64 bits per heavy atom. The van der Waals surface area contributed by atoms with Gasteiger partial charge in [-0.05, 0) is 35.6 Å². The van der Waals surface area contributed by atoms with Crippen molar-refractivity contribution in [2.45, 2.75) is 50.6 Å². The first-order chi connectivity index (χ1) is 15.8. The molecule has 0 aromatic heterocycles. The number of nitrogens with one attached hydrogen (secondary N) is 2. The van der Waals surface area contributed by atoms with Crippen molar-refractivity contribution in [3.05, 3.63) is 59.7 Å². The van der Waals surface area contributed by atoms with E-state index >= 15 is 0 Å². The Bertz CT molecular complexity index is 978. The van der Waals surface area contributed by atoms with Crippen molar-refractivity contribution in [1.29, 1.82) is 0 Å². The maximum Gasteiger partial charge on any atom is 0.407 e. The number of carboxylic acids is 1. The molecule has 0 saturated carbocycles. The number of aliphatic carboxylic acids is 1. The molecule has 2 aromatic carbocycles. The van der Waals surface area contributed by atoms with Crippen molar-refractivity contribution in [2.75, 3.05) is 13.2 Å². The van der Waals surface area contributed by atoms with Gasteiger partial charge in [-0.15, -0.1) is 0 Å². The maximum absolute atomic E-state index is 12.5. The summed E-state index contributed by atoms with van der Waals surface area (Å²) in [6.07, 6.45) is 0.463. The molecule has 3 rings (SSSR count). The molecule has 0 heterocycles. The van der Waals surface area contributed by atoms with Crippen molar-refractivity contribution in [3.63, 3.8) is 0 Å². The van der Waals surface area contributed by atoms with E-state index in [4.69, 9.17) is 4.74 Å². The summed E-state index contributed by atoms with van der Waals surface area (Å²) in [5.74, 6) is -1.99. The van der Waals surface area contributed by atoms with Crippen LogP contribution < -0.4 is 10.6 Å². The van der Waals surface area contributed by atoms with Gasteiger partial charge in [0.05, 0.1) is 6.61 Å². The number of carboxylic acid groups (broad SMARTS) is 1. The van der Waals surface area contributed by atoms with E-state index in [1.165, 1.54) is 6.92 Å². The highest BCUT2D eigenvalue weighted by molar-refractivity contribution is 5.87. The molecular weight excluding hydrogens is 424 g/mol. The van der Waals surface area contributed by atoms with E-state index in [9.17, 15) is 24.6 Å². The highest BCUT2D eigenvalue weighted by Crippen LogP contribution is 2.44. The highest BCUT2D eigenvalue weighted by Gasteiger charge is 2.35. The Hall–Kier alpha value is -3.39. The molecular formula is C25H30N2O6. The third-order valence-corrected chi connectivity index (χ3v) is 5.94. The van der Waals surface area contributed by atoms with Crippen molar-refractivity contribution in [3.8, 4) is 11.1 Å². The van der Waals surface area contributed by atoms with Crippen LogP contribution in [0.1, 0.15) is 50.2 Å². The molecule has 4 N–H and O–H groups in total. The number of alkyl carbamates (subject to hydrolysis) is 1. The van der Waals surface area contributed by atoms with Gasteiger partial charge in [0, 0.05) is 18.4 Å². The van der Waals surface area contributed by atoms with Crippen LogP contribution in [-0.2, 0) is 14.3 Å². The molecule has 1 aliphatic carbocycles. The lowest BCUT2D eigenvalue weighted by atomic mass is 9.98. The minimum Gasteiger partial charge on any atom is -0.479 e. The van der Waals surface area contributed by atoms with Crippen molar-refractivity contribution in [1.82, 2.24) is 10.6 Å². The fourth-order valence-electron chi connectivity index (χ4n) is 4.12. The van der Waals surface area contributed by atoms with Crippen molar-refractivity contribution in [2.24, 2.45) is 0 Å². The lowest BCUT2D eigenvalue weighted by Gasteiger charge is -2.25. The summed E-state index contributed by atoms with van der Waals surface area (Å²) in [5.41, 5.74) is 2.69. The fourth-order valence-corrected chi connectivity index (χ4v) is 4.12. The summed E-state index contributed by atoms with van der Waals surface area (Å²) < 4.78 is 5.54. The van der Waals surface area contributed by atoms with E-state index in [0.717, 1.165) is 22.3 Å². The second-order valence-corrected chi connectivity index (χ2v) is 8.50. The van der Waals surface area contributed by atoms with Crippen LogP contribution in [0.5, 0.6) is 0 Å². The number of fused-ring (bicyclic) bond motifs is 3. The van der Waals surface area contributed by atoms with Gasteiger partial charge in [0.15, 0.2) is 5.54 Å². The minimum absolute atomic E-state index is 0.0723. The van der Waals surface area contributed by atoms with Crippen LogP contribution >= 0.6 is 0 Å². The number of benzene rings is 2. The zero-order chi connectivity index (χ0) is 24.0. The average Bonchev–Trinajstić information content (AvgIpc) is 3.11. The second kappa shape index (κ2) is 10.5. The maximum atomic E-state index is 12.5. The van der Waals surface area contributed by atoms with Gasteiger partial charge in [0.2, 0.25) is 5.91 Å². The monoisotopic (exact) mass is 454 g/mol. The average molecular weight is 455 g/mol. The number of aliphatic hydroxyl groups excluding tert-OH is 1. The van der Waals surface area contributed by atoms with Gasteiger partial charge in [0.25, 0.3) is 0 Å². The molecule has 33 heavy (non-hydrogen) atoms. The van der Waals surface area contributed by atoms with Gasteiger partial charge in [-0.3, -0.25) is 4.79 Å². The second-order valence-electron chi connectivity index (χ2n) is 8.50. The van der Waals surface area contributed by atoms with Crippen LogP contribution in [0.25, 0.3) is 11.1 Å². The molecule has 8 nitrogen and oxygen atoms in total. The standard InChI is InChI=1S/C25H30N2O6/c1-3-8-16(13-22(29)27-25(2,15-28)23(30)31)26-24(32)33-14-21-19-11-6-4-9-17(19)18-10-5-7-12-20(18)21/h4-7,9-12,16,21,28H,3,8,13-15H2,1-2H3,(H,26,32)(H,27,29)(H,30,31)/t16-,25?/m0/s1. The van der Waals surface area contributed by atoms with E-state index in [0.29, 0.717) is 12.8 Å². The van der Waals surface area contributed by atoms with Crippen molar-refractivity contribution < 1.29 is 29.3 Å². The number of amides is 2. The molecule has 0 aliphatic heterocycles. The van der Waals surface area contributed by atoms with E-state index in [1.807, 2.05) is 43.3 Å². The Labute approximate surface area is 193 Å². The zero-order valence-electron chi connectivity index (χ0n) is 18.8. The Morgan fingerprint density at radius 1 is 1.06 bits per heavy atom. The van der Waals surface area contributed by atoms with Gasteiger partial charge in [-0.25, -0.2) is 9.59 Å². The van der Waals surface area contributed by atoms with E-state index < -0.39 is 36.2 Å². The SMILES string of the molecule is CCC[C@@H](CC(=O)NC(C)(CO)C(=O)O)NC(=O)OCC1c2ccccc2-c2ccccc21. The number of carbonyl (C=O) groups excluding carboxylic acids is 2. The summed E-state index contributed by atoms with van der Waals surface area (Å²) in [5, 5.41) is 23.6. The van der Waals surface area contributed by atoms with Crippen LogP contribution in [-0.4, -0.2) is 53.0 Å². The summed E-state index contributed by atoms with van der Waals surface area (Å²) in [6, 6.07) is 15.6. The first-order valence-electron chi connectivity index (χ1n) is 11.1. The topological polar surface area (TPSA) is 125 Å².